The maximum absolute atomic E-state index is 11.3. The SMILES string of the molecule is CC(C)(O)CNC(=O)c1ccoc1. The molecular weight excluding hydrogens is 170 g/mol. The molecule has 0 aromatic carbocycles. The molecule has 1 rings (SSSR count). The molecule has 0 radical (unpaired) electrons. The van der Waals surface area contributed by atoms with Crippen LogP contribution in [0.15, 0.2) is 23.0 Å². The summed E-state index contributed by atoms with van der Waals surface area (Å²) in [7, 11) is 0. The lowest BCUT2D eigenvalue weighted by atomic mass is 10.1. The number of hydrogen-bond donors (Lipinski definition) is 2. The van der Waals surface area contributed by atoms with E-state index in [9.17, 15) is 9.90 Å². The van der Waals surface area contributed by atoms with Crippen molar-refractivity contribution in [3.63, 3.8) is 0 Å². The summed E-state index contributed by atoms with van der Waals surface area (Å²) in [5.74, 6) is -0.240. The molecule has 1 aromatic rings. The molecule has 13 heavy (non-hydrogen) atoms. The van der Waals surface area contributed by atoms with E-state index in [0.717, 1.165) is 0 Å². The molecule has 0 aliphatic rings. The molecule has 0 saturated heterocycles. The predicted octanol–water partition coefficient (Wildman–Crippen LogP) is 0.780. The summed E-state index contributed by atoms with van der Waals surface area (Å²) in [6.45, 7) is 3.47. The van der Waals surface area contributed by atoms with Gasteiger partial charge in [0.2, 0.25) is 0 Å². The van der Waals surface area contributed by atoms with E-state index in [0.29, 0.717) is 5.56 Å². The van der Waals surface area contributed by atoms with Gasteiger partial charge in [-0.2, -0.15) is 0 Å². The Kier molecular flexibility index (Phi) is 2.72. The fourth-order valence-corrected chi connectivity index (χ4v) is 0.792. The Morgan fingerprint density at radius 2 is 2.38 bits per heavy atom. The Morgan fingerprint density at radius 1 is 1.69 bits per heavy atom. The van der Waals surface area contributed by atoms with Crippen molar-refractivity contribution in [2.24, 2.45) is 0 Å². The normalized spacial score (nSPS) is 11.3. The van der Waals surface area contributed by atoms with E-state index in [1.54, 1.807) is 19.9 Å². The van der Waals surface area contributed by atoms with Gasteiger partial charge >= 0.3 is 0 Å². The van der Waals surface area contributed by atoms with E-state index in [2.05, 4.69) is 5.32 Å². The van der Waals surface area contributed by atoms with Gasteiger partial charge in [-0.15, -0.1) is 0 Å². The number of carbonyl (C=O) groups is 1. The third kappa shape index (κ3) is 3.29. The molecule has 0 aliphatic heterocycles. The summed E-state index contributed by atoms with van der Waals surface area (Å²) in [5, 5.41) is 11.9. The quantitative estimate of drug-likeness (QED) is 0.727. The van der Waals surface area contributed by atoms with Crippen molar-refractivity contribution in [1.82, 2.24) is 5.32 Å². The summed E-state index contributed by atoms with van der Waals surface area (Å²) in [4.78, 5) is 11.3. The highest BCUT2D eigenvalue weighted by atomic mass is 16.3. The van der Waals surface area contributed by atoms with E-state index in [1.165, 1.54) is 12.5 Å². The molecule has 4 nitrogen and oxygen atoms in total. The van der Waals surface area contributed by atoms with Crippen molar-refractivity contribution in [2.75, 3.05) is 6.54 Å². The number of aliphatic hydroxyl groups is 1. The summed E-state index contributed by atoms with van der Waals surface area (Å²) in [5.41, 5.74) is -0.427. The standard InChI is InChI=1S/C9H13NO3/c1-9(2,12)6-10-8(11)7-3-4-13-5-7/h3-5,12H,6H2,1-2H3,(H,10,11). The Balaban J connectivity index is 2.44. The zero-order valence-electron chi connectivity index (χ0n) is 7.70. The zero-order valence-corrected chi connectivity index (χ0v) is 7.70. The van der Waals surface area contributed by atoms with Gasteiger partial charge in [-0.3, -0.25) is 4.79 Å². The molecule has 1 aromatic heterocycles. The molecule has 0 saturated carbocycles. The molecular formula is C9H13NO3. The first-order chi connectivity index (χ1) is 5.99. The van der Waals surface area contributed by atoms with Gasteiger partial charge in [-0.05, 0) is 19.9 Å². The average Bonchev–Trinajstić information content (AvgIpc) is 2.50. The van der Waals surface area contributed by atoms with Gasteiger partial charge in [-0.1, -0.05) is 0 Å². The molecule has 4 heteroatoms. The van der Waals surface area contributed by atoms with Crippen LogP contribution in [0, 0.1) is 0 Å². The van der Waals surface area contributed by atoms with Crippen LogP contribution in [-0.2, 0) is 0 Å². The highest BCUT2D eigenvalue weighted by Gasteiger charge is 2.14. The maximum atomic E-state index is 11.3. The highest BCUT2D eigenvalue weighted by molar-refractivity contribution is 5.93. The van der Waals surface area contributed by atoms with E-state index in [-0.39, 0.29) is 12.5 Å². The molecule has 0 spiro atoms. The Labute approximate surface area is 76.6 Å². The lowest BCUT2D eigenvalue weighted by Gasteiger charge is -2.16. The first-order valence-corrected chi connectivity index (χ1v) is 4.02. The largest absolute Gasteiger partial charge is 0.472 e. The van der Waals surface area contributed by atoms with Crippen LogP contribution in [-0.4, -0.2) is 23.2 Å². The summed E-state index contributed by atoms with van der Waals surface area (Å²) >= 11 is 0. The van der Waals surface area contributed by atoms with Gasteiger partial charge in [0.15, 0.2) is 0 Å². The van der Waals surface area contributed by atoms with Crippen LogP contribution >= 0.6 is 0 Å². The molecule has 0 fully saturated rings. The van der Waals surface area contributed by atoms with Crippen molar-refractivity contribution < 1.29 is 14.3 Å². The predicted molar refractivity (Wildman–Crippen MR) is 47.3 cm³/mol. The highest BCUT2D eigenvalue weighted by Crippen LogP contribution is 2.01. The summed E-state index contributed by atoms with van der Waals surface area (Å²) in [6.07, 6.45) is 2.79. The van der Waals surface area contributed by atoms with Crippen molar-refractivity contribution in [3.8, 4) is 0 Å². The monoisotopic (exact) mass is 183 g/mol. The molecule has 2 N–H and O–H groups in total. The second-order valence-electron chi connectivity index (χ2n) is 3.51. The number of nitrogens with one attached hydrogen (secondary N) is 1. The zero-order chi connectivity index (χ0) is 9.90. The van der Waals surface area contributed by atoms with Crippen molar-refractivity contribution in [1.29, 1.82) is 0 Å². The van der Waals surface area contributed by atoms with Crippen LogP contribution in [0.4, 0.5) is 0 Å². The molecule has 1 amide bonds. The summed E-state index contributed by atoms with van der Waals surface area (Å²) in [6, 6.07) is 1.57. The molecule has 1 heterocycles. The van der Waals surface area contributed by atoms with Gasteiger partial charge in [0, 0.05) is 6.54 Å². The van der Waals surface area contributed by atoms with Gasteiger partial charge < -0.3 is 14.8 Å². The Morgan fingerprint density at radius 3 is 2.85 bits per heavy atom. The van der Waals surface area contributed by atoms with E-state index < -0.39 is 5.60 Å². The molecule has 0 atom stereocenters. The molecule has 0 aliphatic carbocycles. The minimum Gasteiger partial charge on any atom is -0.472 e. The first kappa shape index (κ1) is 9.80. The van der Waals surface area contributed by atoms with Gasteiger partial charge in [0.05, 0.1) is 17.4 Å². The van der Waals surface area contributed by atoms with Crippen LogP contribution in [0.1, 0.15) is 24.2 Å². The lowest BCUT2D eigenvalue weighted by molar-refractivity contribution is 0.0694. The number of hydrogen-bond acceptors (Lipinski definition) is 3. The van der Waals surface area contributed by atoms with E-state index >= 15 is 0 Å². The number of carbonyl (C=O) groups excluding carboxylic acids is 1. The molecule has 0 unspecified atom stereocenters. The van der Waals surface area contributed by atoms with Crippen LogP contribution < -0.4 is 5.32 Å². The van der Waals surface area contributed by atoms with Crippen LogP contribution in [0.5, 0.6) is 0 Å². The van der Waals surface area contributed by atoms with Crippen molar-refractivity contribution in [3.05, 3.63) is 24.2 Å². The Bertz CT molecular complexity index is 272. The van der Waals surface area contributed by atoms with Crippen LogP contribution in [0.2, 0.25) is 0 Å². The lowest BCUT2D eigenvalue weighted by Crippen LogP contribution is -2.38. The third-order valence-electron chi connectivity index (χ3n) is 1.46. The van der Waals surface area contributed by atoms with Crippen LogP contribution in [0.25, 0.3) is 0 Å². The third-order valence-corrected chi connectivity index (χ3v) is 1.46. The van der Waals surface area contributed by atoms with Crippen molar-refractivity contribution in [2.45, 2.75) is 19.4 Å². The van der Waals surface area contributed by atoms with Crippen molar-refractivity contribution >= 4 is 5.91 Å². The fourth-order valence-electron chi connectivity index (χ4n) is 0.792. The summed E-state index contributed by atoms with van der Waals surface area (Å²) < 4.78 is 4.74. The maximum Gasteiger partial charge on any atom is 0.254 e. The Hall–Kier alpha value is -1.29. The van der Waals surface area contributed by atoms with E-state index in [4.69, 9.17) is 4.42 Å². The molecule has 0 bridgehead atoms. The number of amides is 1. The van der Waals surface area contributed by atoms with E-state index in [1.807, 2.05) is 0 Å². The topological polar surface area (TPSA) is 62.5 Å². The van der Waals surface area contributed by atoms with Crippen LogP contribution in [0.3, 0.4) is 0 Å². The average molecular weight is 183 g/mol. The second kappa shape index (κ2) is 3.62. The smallest absolute Gasteiger partial charge is 0.254 e. The van der Waals surface area contributed by atoms with Gasteiger partial charge in [-0.25, -0.2) is 0 Å². The minimum atomic E-state index is -0.889. The molecule has 72 valence electrons. The minimum absolute atomic E-state index is 0.219. The van der Waals surface area contributed by atoms with Gasteiger partial charge in [0.25, 0.3) is 5.91 Å². The fraction of sp³-hybridized carbons (Fsp3) is 0.444. The number of rotatable bonds is 3. The second-order valence-corrected chi connectivity index (χ2v) is 3.51. The number of furan rings is 1. The van der Waals surface area contributed by atoms with Gasteiger partial charge in [0.1, 0.15) is 6.26 Å². The first-order valence-electron chi connectivity index (χ1n) is 4.02.